The Kier molecular flexibility index (Phi) is 5.98. The van der Waals surface area contributed by atoms with E-state index in [2.05, 4.69) is 26.6 Å². The molecule has 8 heteroatoms. The van der Waals surface area contributed by atoms with Gasteiger partial charge in [-0.15, -0.1) is 0 Å². The molecule has 20 heavy (non-hydrogen) atoms. The minimum Gasteiger partial charge on any atom is -0.492 e. The van der Waals surface area contributed by atoms with Crippen molar-refractivity contribution in [3.8, 4) is 5.75 Å². The Morgan fingerprint density at radius 3 is 2.65 bits per heavy atom. The fourth-order valence-corrected chi connectivity index (χ4v) is 1.61. The minimum absolute atomic E-state index is 0.0184. The average molecular weight is 345 g/mol. The molecule has 0 saturated carbocycles. The molecule has 0 fully saturated rings. The summed E-state index contributed by atoms with van der Waals surface area (Å²) in [5, 5.41) is 13.2. The van der Waals surface area contributed by atoms with Gasteiger partial charge in [0.2, 0.25) is 5.91 Å². The van der Waals surface area contributed by atoms with Gasteiger partial charge >= 0.3 is 12.0 Å². The molecule has 0 aromatic heterocycles. The van der Waals surface area contributed by atoms with Gasteiger partial charge in [-0.1, -0.05) is 0 Å². The minimum atomic E-state index is -1.07. The standard InChI is InChI=1S/C12H13BrN2O5/c1-14-12(19)15-10(16)4-5-20-9-6-7(11(17)18)2-3-8(9)13/h2-3,6H,4-5H2,1H3,(H,17,18)(H2,14,15,16,19). The first kappa shape index (κ1) is 16.0. The van der Waals surface area contributed by atoms with Crippen LogP contribution in [0.25, 0.3) is 0 Å². The maximum Gasteiger partial charge on any atom is 0.335 e. The number of hydrogen-bond donors (Lipinski definition) is 3. The van der Waals surface area contributed by atoms with Gasteiger partial charge < -0.3 is 15.2 Å². The summed E-state index contributed by atoms with van der Waals surface area (Å²) < 4.78 is 5.89. The molecule has 0 aliphatic rings. The van der Waals surface area contributed by atoms with E-state index in [1.54, 1.807) is 6.07 Å². The highest BCUT2D eigenvalue weighted by Gasteiger charge is 2.10. The van der Waals surface area contributed by atoms with Crippen molar-refractivity contribution in [2.75, 3.05) is 13.7 Å². The van der Waals surface area contributed by atoms with E-state index in [0.29, 0.717) is 10.2 Å². The van der Waals surface area contributed by atoms with Gasteiger partial charge in [0.25, 0.3) is 0 Å². The van der Waals surface area contributed by atoms with E-state index in [4.69, 9.17) is 9.84 Å². The normalized spacial score (nSPS) is 9.70. The van der Waals surface area contributed by atoms with Crippen LogP contribution in [-0.4, -0.2) is 36.7 Å². The second-order valence-corrected chi connectivity index (χ2v) is 4.53. The molecule has 3 amide bonds. The number of halogens is 1. The van der Waals surface area contributed by atoms with Gasteiger partial charge in [0.15, 0.2) is 0 Å². The highest BCUT2D eigenvalue weighted by Crippen LogP contribution is 2.26. The van der Waals surface area contributed by atoms with Crippen molar-refractivity contribution in [3.05, 3.63) is 28.2 Å². The number of aromatic carboxylic acids is 1. The molecule has 3 N–H and O–H groups in total. The van der Waals surface area contributed by atoms with Gasteiger partial charge in [-0.25, -0.2) is 9.59 Å². The van der Waals surface area contributed by atoms with E-state index in [-0.39, 0.29) is 18.6 Å². The highest BCUT2D eigenvalue weighted by atomic mass is 79.9. The van der Waals surface area contributed by atoms with Gasteiger partial charge in [-0.3, -0.25) is 10.1 Å². The number of benzene rings is 1. The second kappa shape index (κ2) is 7.49. The SMILES string of the molecule is CNC(=O)NC(=O)CCOc1cc(C(=O)O)ccc1Br. The zero-order valence-corrected chi connectivity index (χ0v) is 12.2. The number of carboxylic acids is 1. The zero-order chi connectivity index (χ0) is 15.1. The Bertz CT molecular complexity index is 533. The van der Waals surface area contributed by atoms with Crippen LogP contribution in [0.2, 0.25) is 0 Å². The predicted octanol–water partition coefficient (Wildman–Crippen LogP) is 1.37. The van der Waals surface area contributed by atoms with Crippen LogP contribution < -0.4 is 15.4 Å². The van der Waals surface area contributed by atoms with Crippen LogP contribution in [0, 0.1) is 0 Å². The first-order valence-corrected chi connectivity index (χ1v) is 6.40. The molecular formula is C12H13BrN2O5. The van der Waals surface area contributed by atoms with Crippen LogP contribution >= 0.6 is 15.9 Å². The third-order valence-electron chi connectivity index (χ3n) is 2.24. The number of imide groups is 1. The van der Waals surface area contributed by atoms with Crippen LogP contribution in [0.15, 0.2) is 22.7 Å². The first-order valence-electron chi connectivity index (χ1n) is 5.61. The Morgan fingerprint density at radius 2 is 2.05 bits per heavy atom. The van der Waals surface area contributed by atoms with Crippen LogP contribution in [0.4, 0.5) is 4.79 Å². The number of carboxylic acid groups (broad SMARTS) is 1. The maximum atomic E-state index is 11.3. The van der Waals surface area contributed by atoms with E-state index in [9.17, 15) is 14.4 Å². The average Bonchev–Trinajstić information content (AvgIpc) is 2.40. The Morgan fingerprint density at radius 1 is 1.35 bits per heavy atom. The summed E-state index contributed by atoms with van der Waals surface area (Å²) in [5.41, 5.74) is 0.0815. The van der Waals surface area contributed by atoms with Crippen molar-refractivity contribution in [2.24, 2.45) is 0 Å². The monoisotopic (exact) mass is 344 g/mol. The second-order valence-electron chi connectivity index (χ2n) is 3.68. The highest BCUT2D eigenvalue weighted by molar-refractivity contribution is 9.10. The topological polar surface area (TPSA) is 105 Å². The molecule has 0 heterocycles. The molecule has 0 spiro atoms. The molecule has 0 aliphatic carbocycles. The number of ether oxygens (including phenoxy) is 1. The van der Waals surface area contributed by atoms with Gasteiger partial charge in [-0.05, 0) is 34.1 Å². The number of rotatable bonds is 5. The molecular weight excluding hydrogens is 332 g/mol. The molecule has 1 aromatic carbocycles. The van der Waals surface area contributed by atoms with E-state index < -0.39 is 17.9 Å². The van der Waals surface area contributed by atoms with Gasteiger partial charge in [0, 0.05) is 7.05 Å². The molecule has 0 unspecified atom stereocenters. The van der Waals surface area contributed by atoms with Crippen molar-refractivity contribution in [3.63, 3.8) is 0 Å². The summed E-state index contributed by atoms with van der Waals surface area (Å²) in [6.45, 7) is 0.0184. The maximum absolute atomic E-state index is 11.3. The number of nitrogens with one attached hydrogen (secondary N) is 2. The summed E-state index contributed by atoms with van der Waals surface area (Å²) in [5.74, 6) is -1.24. The lowest BCUT2D eigenvalue weighted by molar-refractivity contribution is -0.120. The Hall–Kier alpha value is -2.09. The number of hydrogen-bond acceptors (Lipinski definition) is 4. The first-order chi connectivity index (χ1) is 9.43. The number of carbonyl (C=O) groups excluding carboxylic acids is 2. The Balaban J connectivity index is 2.53. The molecule has 0 radical (unpaired) electrons. The van der Waals surface area contributed by atoms with E-state index in [1.165, 1.54) is 19.2 Å². The molecule has 0 aliphatic heterocycles. The summed E-state index contributed by atoms with van der Waals surface area (Å²) >= 11 is 3.22. The van der Waals surface area contributed by atoms with Crippen molar-refractivity contribution >= 4 is 33.8 Å². The summed E-state index contributed by atoms with van der Waals surface area (Å²) in [6, 6.07) is 3.73. The van der Waals surface area contributed by atoms with Crippen LogP contribution in [0.1, 0.15) is 16.8 Å². The third-order valence-corrected chi connectivity index (χ3v) is 2.90. The number of amides is 3. The van der Waals surface area contributed by atoms with E-state index in [1.807, 2.05) is 0 Å². The van der Waals surface area contributed by atoms with E-state index >= 15 is 0 Å². The Labute approximate surface area is 123 Å². The quantitative estimate of drug-likeness (QED) is 0.748. The molecule has 7 nitrogen and oxygen atoms in total. The third kappa shape index (κ3) is 4.88. The lowest BCUT2D eigenvalue weighted by Crippen LogP contribution is -2.37. The van der Waals surface area contributed by atoms with Crippen molar-refractivity contribution in [2.45, 2.75) is 6.42 Å². The van der Waals surface area contributed by atoms with Crippen LogP contribution in [-0.2, 0) is 4.79 Å². The fraction of sp³-hybridized carbons (Fsp3) is 0.250. The molecule has 0 atom stereocenters. The lowest BCUT2D eigenvalue weighted by Gasteiger charge is -2.09. The van der Waals surface area contributed by atoms with Crippen molar-refractivity contribution in [1.29, 1.82) is 0 Å². The number of urea groups is 1. The van der Waals surface area contributed by atoms with Gasteiger partial charge in [-0.2, -0.15) is 0 Å². The number of carbonyl (C=O) groups is 3. The fourth-order valence-electron chi connectivity index (χ4n) is 1.25. The van der Waals surface area contributed by atoms with Gasteiger partial charge in [0.05, 0.1) is 23.1 Å². The summed E-state index contributed by atoms with van der Waals surface area (Å²) in [6.07, 6.45) is -0.0306. The summed E-state index contributed by atoms with van der Waals surface area (Å²) in [4.78, 5) is 33.0. The zero-order valence-electron chi connectivity index (χ0n) is 10.6. The summed E-state index contributed by atoms with van der Waals surface area (Å²) in [7, 11) is 1.40. The predicted molar refractivity (Wildman–Crippen MR) is 73.8 cm³/mol. The lowest BCUT2D eigenvalue weighted by atomic mass is 10.2. The molecule has 1 rings (SSSR count). The van der Waals surface area contributed by atoms with Crippen LogP contribution in [0.3, 0.4) is 0 Å². The largest absolute Gasteiger partial charge is 0.492 e. The van der Waals surface area contributed by atoms with Crippen molar-refractivity contribution in [1.82, 2.24) is 10.6 Å². The van der Waals surface area contributed by atoms with Crippen LogP contribution in [0.5, 0.6) is 5.75 Å². The van der Waals surface area contributed by atoms with Gasteiger partial charge in [0.1, 0.15) is 5.75 Å². The smallest absolute Gasteiger partial charge is 0.335 e. The van der Waals surface area contributed by atoms with Crippen molar-refractivity contribution < 1.29 is 24.2 Å². The molecule has 108 valence electrons. The molecule has 0 saturated heterocycles. The van der Waals surface area contributed by atoms with E-state index in [0.717, 1.165) is 0 Å². The molecule has 0 bridgehead atoms. The molecule has 1 aromatic rings.